The fraction of sp³-hybridized carbons (Fsp3) is 0.353. The molecule has 6 nitrogen and oxygen atoms in total. The number of furan rings is 1. The Labute approximate surface area is 142 Å². The molecule has 0 spiro atoms. The van der Waals surface area contributed by atoms with Crippen molar-refractivity contribution < 1.29 is 14.3 Å². The second kappa shape index (κ2) is 6.60. The molecule has 24 heavy (non-hydrogen) atoms. The van der Waals surface area contributed by atoms with Gasteiger partial charge in [-0.2, -0.15) is 0 Å². The summed E-state index contributed by atoms with van der Waals surface area (Å²) in [5, 5.41) is 9.57. The minimum absolute atomic E-state index is 0.104. The molecule has 0 atom stereocenters. The summed E-state index contributed by atoms with van der Waals surface area (Å²) in [6.07, 6.45) is 2.41. The Kier molecular flexibility index (Phi) is 4.53. The molecule has 0 saturated carbocycles. The highest BCUT2D eigenvalue weighted by molar-refractivity contribution is 7.18. The number of aromatic nitrogens is 2. The van der Waals surface area contributed by atoms with E-state index in [1.54, 1.807) is 22.0 Å². The Morgan fingerprint density at radius 3 is 2.79 bits per heavy atom. The van der Waals surface area contributed by atoms with Gasteiger partial charge in [0.25, 0.3) is 5.56 Å². The molecule has 3 aromatic heterocycles. The molecule has 0 aliphatic heterocycles. The molecule has 1 N–H and O–H groups in total. The summed E-state index contributed by atoms with van der Waals surface area (Å²) < 4.78 is 6.88. The Hall–Kier alpha value is -2.41. The zero-order chi connectivity index (χ0) is 17.3. The van der Waals surface area contributed by atoms with Crippen molar-refractivity contribution in [2.45, 2.75) is 39.7 Å². The van der Waals surface area contributed by atoms with E-state index in [4.69, 9.17) is 9.52 Å². The summed E-state index contributed by atoms with van der Waals surface area (Å²) in [4.78, 5) is 30.4. The highest BCUT2D eigenvalue weighted by Gasteiger charge is 2.16. The van der Waals surface area contributed by atoms with Gasteiger partial charge in [-0.15, -0.1) is 11.3 Å². The summed E-state index contributed by atoms with van der Waals surface area (Å²) in [6.45, 7) is 4.26. The van der Waals surface area contributed by atoms with Crippen molar-refractivity contribution >= 4 is 27.5 Å². The van der Waals surface area contributed by atoms with Crippen LogP contribution in [0, 0.1) is 0 Å². The Balaban J connectivity index is 2.09. The lowest BCUT2D eigenvalue weighted by atomic mass is 10.2. The number of carbonyl (C=O) groups is 1. The lowest BCUT2D eigenvalue weighted by molar-refractivity contribution is 0.0660. The van der Waals surface area contributed by atoms with Crippen LogP contribution in [0.4, 0.5) is 0 Å². The van der Waals surface area contributed by atoms with Crippen molar-refractivity contribution in [1.82, 2.24) is 9.55 Å². The summed E-state index contributed by atoms with van der Waals surface area (Å²) in [5.41, 5.74) is -0.104. The van der Waals surface area contributed by atoms with Gasteiger partial charge in [0.15, 0.2) is 0 Å². The monoisotopic (exact) mass is 346 g/mol. The first-order chi connectivity index (χ1) is 11.5. The van der Waals surface area contributed by atoms with Crippen LogP contribution >= 0.6 is 11.3 Å². The van der Waals surface area contributed by atoms with Crippen molar-refractivity contribution in [3.8, 4) is 0 Å². The van der Waals surface area contributed by atoms with Crippen LogP contribution in [0.15, 0.2) is 27.4 Å². The SMILES string of the molecule is CCCc1nc2sc(CC)cc2c(=O)n1Cc1ccc(C(=O)O)o1. The fourth-order valence-corrected chi connectivity index (χ4v) is 3.57. The van der Waals surface area contributed by atoms with Gasteiger partial charge in [-0.3, -0.25) is 9.36 Å². The molecule has 3 aromatic rings. The molecule has 0 fully saturated rings. The van der Waals surface area contributed by atoms with E-state index >= 15 is 0 Å². The van der Waals surface area contributed by atoms with Gasteiger partial charge in [-0.05, 0) is 31.0 Å². The van der Waals surface area contributed by atoms with Crippen LogP contribution in [-0.2, 0) is 19.4 Å². The molecular weight excluding hydrogens is 328 g/mol. The highest BCUT2D eigenvalue weighted by atomic mass is 32.1. The van der Waals surface area contributed by atoms with E-state index in [1.807, 2.05) is 19.9 Å². The summed E-state index contributed by atoms with van der Waals surface area (Å²) in [6, 6.07) is 4.88. The van der Waals surface area contributed by atoms with Crippen molar-refractivity contribution in [3.63, 3.8) is 0 Å². The number of nitrogens with zero attached hydrogens (tertiary/aromatic N) is 2. The third kappa shape index (κ3) is 2.99. The van der Waals surface area contributed by atoms with Gasteiger partial charge < -0.3 is 9.52 Å². The summed E-state index contributed by atoms with van der Waals surface area (Å²) in [5.74, 6) is -0.124. The first-order valence-electron chi connectivity index (χ1n) is 7.87. The lowest BCUT2D eigenvalue weighted by Crippen LogP contribution is -2.25. The number of carboxylic acid groups (broad SMARTS) is 1. The second-order valence-electron chi connectivity index (χ2n) is 5.53. The van der Waals surface area contributed by atoms with Gasteiger partial charge in [-0.25, -0.2) is 9.78 Å². The first-order valence-corrected chi connectivity index (χ1v) is 8.69. The summed E-state index contributed by atoms with van der Waals surface area (Å²) in [7, 11) is 0. The quantitative estimate of drug-likeness (QED) is 0.740. The molecule has 0 aliphatic rings. The van der Waals surface area contributed by atoms with Gasteiger partial charge in [0.2, 0.25) is 5.76 Å². The molecule has 0 aliphatic carbocycles. The number of carboxylic acids is 1. The third-order valence-electron chi connectivity index (χ3n) is 3.79. The number of aryl methyl sites for hydroxylation is 2. The molecule has 0 unspecified atom stereocenters. The molecule has 0 radical (unpaired) electrons. The van der Waals surface area contributed by atoms with E-state index < -0.39 is 5.97 Å². The number of hydrogen-bond acceptors (Lipinski definition) is 5. The van der Waals surface area contributed by atoms with Crippen molar-refractivity contribution in [2.24, 2.45) is 0 Å². The molecule has 126 valence electrons. The molecule has 0 bridgehead atoms. The van der Waals surface area contributed by atoms with E-state index in [9.17, 15) is 9.59 Å². The van der Waals surface area contributed by atoms with E-state index in [1.165, 1.54) is 6.07 Å². The predicted octanol–water partition coefficient (Wildman–Crippen LogP) is 3.31. The zero-order valence-corrected chi connectivity index (χ0v) is 14.4. The lowest BCUT2D eigenvalue weighted by Gasteiger charge is -2.10. The average Bonchev–Trinajstić information content (AvgIpc) is 3.18. The maximum absolute atomic E-state index is 12.9. The Bertz CT molecular complexity index is 951. The van der Waals surface area contributed by atoms with E-state index in [0.29, 0.717) is 23.4 Å². The van der Waals surface area contributed by atoms with Crippen LogP contribution < -0.4 is 5.56 Å². The van der Waals surface area contributed by atoms with Crippen LogP contribution in [0.2, 0.25) is 0 Å². The molecule has 0 amide bonds. The number of thiophene rings is 1. The van der Waals surface area contributed by atoms with E-state index in [2.05, 4.69) is 4.98 Å². The predicted molar refractivity (Wildman–Crippen MR) is 92.0 cm³/mol. The third-order valence-corrected chi connectivity index (χ3v) is 4.96. The van der Waals surface area contributed by atoms with Crippen LogP contribution in [0.1, 0.15) is 47.3 Å². The van der Waals surface area contributed by atoms with Crippen molar-refractivity contribution in [1.29, 1.82) is 0 Å². The number of rotatable bonds is 6. The maximum Gasteiger partial charge on any atom is 0.371 e. The number of fused-ring (bicyclic) bond motifs is 1. The van der Waals surface area contributed by atoms with Gasteiger partial charge in [0.1, 0.15) is 16.4 Å². The zero-order valence-electron chi connectivity index (χ0n) is 13.5. The smallest absolute Gasteiger partial charge is 0.371 e. The molecule has 3 heterocycles. The number of hydrogen-bond donors (Lipinski definition) is 1. The molecule has 0 aromatic carbocycles. The molecular formula is C17H18N2O4S. The van der Waals surface area contributed by atoms with Crippen LogP contribution in [0.25, 0.3) is 10.2 Å². The van der Waals surface area contributed by atoms with Crippen LogP contribution in [0.3, 0.4) is 0 Å². The molecule has 3 rings (SSSR count). The summed E-state index contributed by atoms with van der Waals surface area (Å²) >= 11 is 1.55. The standard InChI is InChI=1S/C17H18N2O4S/c1-3-5-14-18-15-12(8-11(4-2)24-15)16(20)19(14)9-10-6-7-13(23-10)17(21)22/h6-8H,3-5,9H2,1-2H3,(H,21,22). The normalized spacial score (nSPS) is 11.2. The second-order valence-corrected chi connectivity index (χ2v) is 6.64. The van der Waals surface area contributed by atoms with Crippen molar-refractivity contribution in [2.75, 3.05) is 0 Å². The van der Waals surface area contributed by atoms with Gasteiger partial charge in [0, 0.05) is 11.3 Å². The highest BCUT2D eigenvalue weighted by Crippen LogP contribution is 2.23. The molecule has 0 saturated heterocycles. The number of aromatic carboxylic acids is 1. The first kappa shape index (κ1) is 16.4. The fourth-order valence-electron chi connectivity index (χ4n) is 2.59. The Morgan fingerprint density at radius 2 is 2.17 bits per heavy atom. The van der Waals surface area contributed by atoms with Crippen LogP contribution in [-0.4, -0.2) is 20.6 Å². The van der Waals surface area contributed by atoms with E-state index in [0.717, 1.165) is 22.5 Å². The minimum Gasteiger partial charge on any atom is -0.475 e. The van der Waals surface area contributed by atoms with Crippen LogP contribution in [0.5, 0.6) is 0 Å². The topological polar surface area (TPSA) is 85.3 Å². The van der Waals surface area contributed by atoms with Gasteiger partial charge in [0.05, 0.1) is 11.9 Å². The van der Waals surface area contributed by atoms with Gasteiger partial charge >= 0.3 is 5.97 Å². The minimum atomic E-state index is -1.12. The van der Waals surface area contributed by atoms with E-state index in [-0.39, 0.29) is 17.9 Å². The molecule has 7 heteroatoms. The largest absolute Gasteiger partial charge is 0.475 e. The van der Waals surface area contributed by atoms with Gasteiger partial charge in [-0.1, -0.05) is 13.8 Å². The maximum atomic E-state index is 12.9. The average molecular weight is 346 g/mol. The Morgan fingerprint density at radius 1 is 1.38 bits per heavy atom. The van der Waals surface area contributed by atoms with Crippen molar-refractivity contribution in [3.05, 3.63) is 50.8 Å².